The maximum atomic E-state index is 12.2. The fraction of sp³-hybridized carbons (Fsp3) is 0.652. The van der Waals surface area contributed by atoms with Gasteiger partial charge >= 0.3 is 0 Å². The highest BCUT2D eigenvalue weighted by Gasteiger charge is 2.27. The second-order valence-electron chi connectivity index (χ2n) is 8.43. The Hall–Kier alpha value is -1.51. The lowest BCUT2D eigenvalue weighted by molar-refractivity contribution is -0.133. The van der Waals surface area contributed by atoms with Crippen LogP contribution in [0.25, 0.3) is 0 Å². The van der Waals surface area contributed by atoms with Crippen LogP contribution in [0.2, 0.25) is 0 Å². The van der Waals surface area contributed by atoms with Gasteiger partial charge in [-0.2, -0.15) is 0 Å². The molecule has 170 valence electrons. The first kappa shape index (κ1) is 26.5. The first-order valence-corrected chi connectivity index (χ1v) is 10.9. The molecule has 0 aliphatic carbocycles. The summed E-state index contributed by atoms with van der Waals surface area (Å²) in [6.07, 6.45) is 1.84. The molecule has 0 bridgehead atoms. The Kier molecular flexibility index (Phi) is 12.1. The monoisotopic (exact) mass is 530 g/mol. The van der Waals surface area contributed by atoms with E-state index in [0.717, 1.165) is 50.8 Å². The summed E-state index contributed by atoms with van der Waals surface area (Å²) in [5, 5.41) is 6.80. The average molecular weight is 530 g/mol. The lowest BCUT2D eigenvalue weighted by Crippen LogP contribution is -2.45. The van der Waals surface area contributed by atoms with Crippen LogP contribution in [0.15, 0.2) is 29.3 Å². The quantitative estimate of drug-likeness (QED) is 0.291. The largest absolute Gasteiger partial charge is 0.493 e. The Balaban J connectivity index is 0.00000450. The van der Waals surface area contributed by atoms with Crippen molar-refractivity contribution in [3.63, 3.8) is 0 Å². The third kappa shape index (κ3) is 9.10. The topological polar surface area (TPSA) is 66.0 Å². The number of aliphatic imine (C=N–C) groups is 1. The van der Waals surface area contributed by atoms with Crippen LogP contribution in [0, 0.1) is 11.8 Å². The minimum atomic E-state index is 0. The number of benzene rings is 1. The van der Waals surface area contributed by atoms with Crippen molar-refractivity contribution in [1.29, 1.82) is 0 Å². The third-order valence-electron chi connectivity index (χ3n) is 4.86. The van der Waals surface area contributed by atoms with E-state index in [1.807, 2.05) is 30.9 Å². The number of likely N-dealkylation sites (tertiary alicyclic amines) is 1. The zero-order chi connectivity index (χ0) is 21.2. The molecule has 2 N–H and O–H groups in total. The first-order chi connectivity index (χ1) is 13.9. The van der Waals surface area contributed by atoms with Crippen molar-refractivity contribution in [2.45, 2.75) is 53.5 Å². The number of guanidine groups is 1. The third-order valence-corrected chi connectivity index (χ3v) is 4.86. The molecule has 0 radical (unpaired) electrons. The molecular formula is C23H39IN4O2. The van der Waals surface area contributed by atoms with E-state index in [2.05, 4.69) is 43.5 Å². The number of ether oxygens (including phenoxy) is 1. The van der Waals surface area contributed by atoms with Gasteiger partial charge in [0.25, 0.3) is 0 Å². The standard InChI is InChI=1S/C23H38N4O2.HI/c1-6-24-23(26-20-12-14-27(15-20)22(28)18(4)5)25-13-11-19-7-9-21(10-8-19)29-16-17(2)3;/h7-10,17-18,20H,6,11-16H2,1-5H3,(H2,24,25,26);1H. The molecule has 0 saturated carbocycles. The van der Waals surface area contributed by atoms with Gasteiger partial charge in [0.05, 0.1) is 6.61 Å². The SMILES string of the molecule is CCNC(=NCCc1ccc(OCC(C)C)cc1)NC1CCN(C(=O)C(C)C)C1.I. The number of hydrogen-bond acceptors (Lipinski definition) is 3. The zero-order valence-corrected chi connectivity index (χ0v) is 21.4. The van der Waals surface area contributed by atoms with Gasteiger partial charge < -0.3 is 20.3 Å². The van der Waals surface area contributed by atoms with E-state index in [-0.39, 0.29) is 41.8 Å². The van der Waals surface area contributed by atoms with Crippen LogP contribution in [0.4, 0.5) is 0 Å². The lowest BCUT2D eigenvalue weighted by Gasteiger charge is -2.20. The summed E-state index contributed by atoms with van der Waals surface area (Å²) < 4.78 is 5.74. The molecule has 1 aromatic rings. The highest BCUT2D eigenvalue weighted by molar-refractivity contribution is 14.0. The van der Waals surface area contributed by atoms with Gasteiger partial charge in [-0.3, -0.25) is 9.79 Å². The number of carbonyl (C=O) groups is 1. The van der Waals surface area contributed by atoms with E-state index in [9.17, 15) is 4.79 Å². The van der Waals surface area contributed by atoms with Crippen LogP contribution in [0.3, 0.4) is 0 Å². The van der Waals surface area contributed by atoms with E-state index in [1.54, 1.807) is 0 Å². The van der Waals surface area contributed by atoms with Gasteiger partial charge in [0.2, 0.25) is 5.91 Å². The summed E-state index contributed by atoms with van der Waals surface area (Å²) in [6, 6.07) is 8.54. The number of nitrogens with zero attached hydrogens (tertiary/aromatic N) is 2. The molecule has 1 saturated heterocycles. The summed E-state index contributed by atoms with van der Waals surface area (Å²) in [7, 11) is 0. The van der Waals surface area contributed by atoms with Crippen LogP contribution >= 0.6 is 24.0 Å². The van der Waals surface area contributed by atoms with E-state index in [0.29, 0.717) is 12.5 Å². The van der Waals surface area contributed by atoms with Crippen molar-refractivity contribution < 1.29 is 9.53 Å². The summed E-state index contributed by atoms with van der Waals surface area (Å²) in [5.41, 5.74) is 1.25. The van der Waals surface area contributed by atoms with Gasteiger partial charge in [0.15, 0.2) is 5.96 Å². The lowest BCUT2D eigenvalue weighted by atomic mass is 10.1. The second-order valence-corrected chi connectivity index (χ2v) is 8.43. The molecule has 2 rings (SSSR count). The minimum absolute atomic E-state index is 0. The van der Waals surface area contributed by atoms with Crippen molar-refractivity contribution >= 4 is 35.8 Å². The van der Waals surface area contributed by atoms with Crippen LogP contribution in [0.1, 0.15) is 46.6 Å². The minimum Gasteiger partial charge on any atom is -0.493 e. The van der Waals surface area contributed by atoms with Crippen LogP contribution in [-0.4, -0.2) is 55.6 Å². The number of amides is 1. The Labute approximate surface area is 199 Å². The van der Waals surface area contributed by atoms with Gasteiger partial charge in [0, 0.05) is 38.1 Å². The van der Waals surface area contributed by atoms with Gasteiger partial charge in [-0.05, 0) is 43.4 Å². The summed E-state index contributed by atoms with van der Waals surface area (Å²) in [4.78, 5) is 18.8. The van der Waals surface area contributed by atoms with Gasteiger partial charge in [0.1, 0.15) is 5.75 Å². The molecule has 1 amide bonds. The Bertz CT molecular complexity index is 662. The normalized spacial score (nSPS) is 16.6. The smallest absolute Gasteiger partial charge is 0.225 e. The average Bonchev–Trinajstić information content (AvgIpc) is 3.15. The van der Waals surface area contributed by atoms with Crippen molar-refractivity contribution in [3.8, 4) is 5.75 Å². The number of rotatable bonds is 9. The first-order valence-electron chi connectivity index (χ1n) is 10.9. The van der Waals surface area contributed by atoms with Crippen LogP contribution < -0.4 is 15.4 Å². The highest BCUT2D eigenvalue weighted by atomic mass is 127. The molecule has 7 heteroatoms. The van der Waals surface area contributed by atoms with Crippen LogP contribution in [-0.2, 0) is 11.2 Å². The van der Waals surface area contributed by atoms with Gasteiger partial charge in [-0.1, -0.05) is 39.8 Å². The van der Waals surface area contributed by atoms with E-state index >= 15 is 0 Å². The number of carbonyl (C=O) groups excluding carboxylic acids is 1. The van der Waals surface area contributed by atoms with Crippen LogP contribution in [0.5, 0.6) is 5.75 Å². The Morgan fingerprint density at radius 1 is 1.23 bits per heavy atom. The maximum absolute atomic E-state index is 12.2. The molecule has 1 heterocycles. The molecule has 1 aromatic carbocycles. The summed E-state index contributed by atoms with van der Waals surface area (Å²) in [5.74, 6) is 2.56. The molecule has 1 atom stereocenters. The molecule has 1 aliphatic heterocycles. The highest BCUT2D eigenvalue weighted by Crippen LogP contribution is 2.14. The van der Waals surface area contributed by atoms with E-state index in [1.165, 1.54) is 5.56 Å². The molecule has 1 fully saturated rings. The molecule has 1 unspecified atom stereocenters. The maximum Gasteiger partial charge on any atom is 0.225 e. The molecule has 0 aromatic heterocycles. The molecule has 0 spiro atoms. The molecule has 1 aliphatic rings. The van der Waals surface area contributed by atoms with Gasteiger partial charge in [-0.15, -0.1) is 24.0 Å². The summed E-state index contributed by atoms with van der Waals surface area (Å²) in [6.45, 7) is 14.1. The number of halogens is 1. The number of hydrogen-bond donors (Lipinski definition) is 2. The van der Waals surface area contributed by atoms with Crippen molar-refractivity contribution in [1.82, 2.24) is 15.5 Å². The van der Waals surface area contributed by atoms with E-state index in [4.69, 9.17) is 9.73 Å². The molecular weight excluding hydrogens is 491 g/mol. The zero-order valence-electron chi connectivity index (χ0n) is 19.1. The van der Waals surface area contributed by atoms with Crippen molar-refractivity contribution in [2.24, 2.45) is 16.8 Å². The van der Waals surface area contributed by atoms with Crippen molar-refractivity contribution in [3.05, 3.63) is 29.8 Å². The predicted molar refractivity (Wildman–Crippen MR) is 135 cm³/mol. The molecule has 30 heavy (non-hydrogen) atoms. The number of nitrogens with one attached hydrogen (secondary N) is 2. The predicted octanol–water partition coefficient (Wildman–Crippen LogP) is 3.69. The van der Waals surface area contributed by atoms with E-state index < -0.39 is 0 Å². The van der Waals surface area contributed by atoms with Gasteiger partial charge in [-0.25, -0.2) is 0 Å². The molecule has 6 nitrogen and oxygen atoms in total. The second kappa shape index (κ2) is 13.7. The fourth-order valence-corrected chi connectivity index (χ4v) is 3.27. The Morgan fingerprint density at radius 3 is 2.53 bits per heavy atom. The fourth-order valence-electron chi connectivity index (χ4n) is 3.27. The Morgan fingerprint density at radius 2 is 1.93 bits per heavy atom. The summed E-state index contributed by atoms with van der Waals surface area (Å²) >= 11 is 0. The van der Waals surface area contributed by atoms with Crippen molar-refractivity contribution in [2.75, 3.05) is 32.8 Å².